The van der Waals surface area contributed by atoms with Gasteiger partial charge in [0.25, 0.3) is 0 Å². The van der Waals surface area contributed by atoms with Crippen LogP contribution in [0.3, 0.4) is 0 Å². The van der Waals surface area contributed by atoms with Gasteiger partial charge in [0.1, 0.15) is 11.2 Å². The van der Waals surface area contributed by atoms with E-state index in [2.05, 4.69) is 4.57 Å². The van der Waals surface area contributed by atoms with Crippen molar-refractivity contribution >= 4 is 71.6 Å². The van der Waals surface area contributed by atoms with Gasteiger partial charge in [-0.2, -0.15) is 0 Å². The highest BCUT2D eigenvalue weighted by Gasteiger charge is 2.21. The zero-order valence-corrected chi connectivity index (χ0v) is 31.7. The number of benzene rings is 10. The second-order valence-corrected chi connectivity index (χ2v) is 14.2. The number of para-hydroxylation sites is 3. The topological polar surface area (TPSA) is 21.3 Å². The Morgan fingerprint density at radius 3 is 1.72 bits per heavy atom. The summed E-state index contributed by atoms with van der Waals surface area (Å²) in [6.07, 6.45) is 0. The van der Waals surface area contributed by atoms with Gasteiger partial charge in [0.05, 0.1) is 38.4 Å². The van der Waals surface area contributed by atoms with Crippen LogP contribution < -0.4 is 4.90 Å². The van der Waals surface area contributed by atoms with Crippen LogP contribution >= 0.6 is 0 Å². The minimum absolute atomic E-state index is 0.0614. The Labute approximate surface area is 381 Å². The molecule has 0 aliphatic carbocycles. The van der Waals surface area contributed by atoms with Gasteiger partial charge in [-0.1, -0.05) is 157 Å². The lowest BCUT2D eigenvalue weighted by atomic mass is 9.98. The summed E-state index contributed by atoms with van der Waals surface area (Å²) >= 11 is 0. The second kappa shape index (κ2) is 14.3. The summed E-state index contributed by atoms with van der Waals surface area (Å²) in [6, 6.07) is 17.0. The molecule has 3 nitrogen and oxygen atoms in total. The average molecular weight is 799 g/mol. The number of hydrogen-bond donors (Lipinski definition) is 0. The Balaban J connectivity index is 1.19. The van der Waals surface area contributed by atoms with Crippen LogP contribution in [-0.2, 0) is 0 Å². The number of rotatable bonds is 7. The van der Waals surface area contributed by atoms with Crippen LogP contribution in [-0.4, -0.2) is 4.57 Å². The minimum Gasteiger partial charge on any atom is -0.455 e. The van der Waals surface area contributed by atoms with Crippen molar-refractivity contribution in [3.05, 3.63) is 230 Å². The third-order valence-corrected chi connectivity index (χ3v) is 10.6. The Kier molecular flexibility index (Phi) is 4.74. The normalized spacial score (nSPS) is 16.2. The molecular formula is C58H38N2O. The van der Waals surface area contributed by atoms with Gasteiger partial charge in [0.2, 0.25) is 0 Å². The lowest BCUT2D eigenvalue weighted by Crippen LogP contribution is -2.10. The smallest absolute Gasteiger partial charge is 0.143 e. The minimum atomic E-state index is -0.919. The molecule has 0 saturated heterocycles. The van der Waals surface area contributed by atoms with Crippen LogP contribution in [0.5, 0.6) is 0 Å². The predicted molar refractivity (Wildman–Crippen MR) is 257 cm³/mol. The van der Waals surface area contributed by atoms with Crippen molar-refractivity contribution in [2.24, 2.45) is 0 Å². The third-order valence-electron chi connectivity index (χ3n) is 10.6. The molecule has 0 spiro atoms. The van der Waals surface area contributed by atoms with Gasteiger partial charge >= 0.3 is 0 Å². The first-order valence-corrected chi connectivity index (χ1v) is 19.2. The molecule has 2 heterocycles. The molecule has 0 amide bonds. The van der Waals surface area contributed by atoms with Crippen molar-refractivity contribution in [3.63, 3.8) is 0 Å². The number of furan rings is 1. The van der Waals surface area contributed by atoms with Gasteiger partial charge in [-0.3, -0.25) is 0 Å². The molecule has 12 rings (SSSR count). The number of nitrogens with zero attached hydrogens (tertiary/aromatic N) is 2. The van der Waals surface area contributed by atoms with E-state index in [-0.39, 0.29) is 5.69 Å². The van der Waals surface area contributed by atoms with E-state index in [1.54, 1.807) is 36.4 Å². The molecule has 0 fully saturated rings. The molecule has 0 aliphatic rings. The molecule has 286 valence electrons. The summed E-state index contributed by atoms with van der Waals surface area (Å²) in [5, 5.41) is 2.03. The first kappa shape index (κ1) is 20.2. The maximum absolute atomic E-state index is 9.85. The Morgan fingerprint density at radius 2 is 1.00 bits per heavy atom. The monoisotopic (exact) mass is 798 g/mol. The molecule has 0 saturated carbocycles. The lowest BCUT2D eigenvalue weighted by Gasteiger charge is -2.27. The van der Waals surface area contributed by atoms with Gasteiger partial charge in [-0.15, -0.1) is 0 Å². The number of fused-ring (bicyclic) bond motifs is 7. The lowest BCUT2D eigenvalue weighted by molar-refractivity contribution is 0.670. The van der Waals surface area contributed by atoms with E-state index in [9.17, 15) is 12.3 Å². The van der Waals surface area contributed by atoms with Gasteiger partial charge < -0.3 is 13.9 Å². The van der Waals surface area contributed by atoms with Crippen molar-refractivity contribution in [1.29, 1.82) is 0 Å². The van der Waals surface area contributed by atoms with Crippen molar-refractivity contribution in [2.45, 2.75) is 0 Å². The van der Waals surface area contributed by atoms with E-state index in [0.29, 0.717) is 33.1 Å². The highest BCUT2D eigenvalue weighted by Crippen LogP contribution is 2.45. The van der Waals surface area contributed by atoms with E-state index in [1.807, 2.05) is 72.8 Å². The SMILES string of the molecule is [2H]c1c([2H])c([2H])c(-c2c([2H])c([2H])c(N(c3cc(-c4cccc(-n5c6ccccc6c6ccccc65)c4)c4oc5ccccc5c4c3)c3c([2H])c([2H])c(-c4c([2H])c([2H])c5c([2H])c([2H])c([2H])c([2H])c5c4[2H])c([2H])c3[2H])c([2H])c2[2H])c([2H])c1[2H]. The maximum atomic E-state index is 9.85. The fourth-order valence-corrected chi connectivity index (χ4v) is 7.91. The summed E-state index contributed by atoms with van der Waals surface area (Å²) in [5.74, 6) is 0. The predicted octanol–water partition coefficient (Wildman–Crippen LogP) is 16.3. The zero-order valence-electron chi connectivity index (χ0n) is 51.7. The van der Waals surface area contributed by atoms with Crippen molar-refractivity contribution in [1.82, 2.24) is 4.57 Å². The first-order chi connectivity index (χ1) is 38.6. The molecule has 10 aromatic carbocycles. The van der Waals surface area contributed by atoms with Crippen molar-refractivity contribution < 1.29 is 31.8 Å². The molecule has 0 radical (unpaired) electrons. The summed E-state index contributed by atoms with van der Waals surface area (Å²) in [6.45, 7) is 0. The highest BCUT2D eigenvalue weighted by molar-refractivity contribution is 6.12. The third kappa shape index (κ3) is 5.98. The summed E-state index contributed by atoms with van der Waals surface area (Å²) in [4.78, 5) is 1.01. The standard InChI is InChI=1S/C58H38N2O/c1-2-13-39(14-3-1)41-27-31-46(32-28-41)59(47-33-29-42(30-34-47)44-26-25-40-15-4-5-16-43(40)35-44)49-37-53(58-54(38-49)52-21-8-11-24-57(52)61-58)45-17-12-18-48(36-45)60-55-22-9-6-19-50(55)51-20-7-10-23-56(51)60/h1-38H/i1D,2D,3D,4D,5D,13D,14D,15D,16D,25D,26D,27D,28D,29D,30D,31D,32D,33D,34D,35D. The Hall–Kier alpha value is -8.14. The van der Waals surface area contributed by atoms with Crippen LogP contribution in [0.25, 0.3) is 93.6 Å². The van der Waals surface area contributed by atoms with E-state index in [4.69, 9.17) is 19.5 Å². The largest absolute Gasteiger partial charge is 0.455 e. The van der Waals surface area contributed by atoms with E-state index in [0.717, 1.165) is 32.4 Å². The Bertz CT molecular complexity index is 4660. The fourth-order valence-electron chi connectivity index (χ4n) is 7.91. The zero-order chi connectivity index (χ0) is 57.7. The molecule has 0 aliphatic heterocycles. The van der Waals surface area contributed by atoms with Crippen LogP contribution in [0.15, 0.2) is 234 Å². The van der Waals surface area contributed by atoms with Gasteiger partial charge in [0, 0.05) is 49.9 Å². The number of hydrogen-bond acceptors (Lipinski definition) is 2. The van der Waals surface area contributed by atoms with Crippen molar-refractivity contribution in [3.8, 4) is 39.1 Å². The van der Waals surface area contributed by atoms with E-state index in [1.165, 1.54) is 0 Å². The van der Waals surface area contributed by atoms with Crippen LogP contribution in [0, 0.1) is 0 Å². The van der Waals surface area contributed by atoms with E-state index < -0.39 is 165 Å². The number of anilines is 3. The Morgan fingerprint density at radius 1 is 0.410 bits per heavy atom. The molecule has 3 heteroatoms. The quantitative estimate of drug-likeness (QED) is 0.160. The highest BCUT2D eigenvalue weighted by atomic mass is 16.3. The van der Waals surface area contributed by atoms with Crippen LogP contribution in [0.2, 0.25) is 0 Å². The average Bonchev–Trinajstić information content (AvgIpc) is 4.19. The second-order valence-electron chi connectivity index (χ2n) is 14.2. The van der Waals surface area contributed by atoms with Gasteiger partial charge in [-0.25, -0.2) is 0 Å². The molecule has 0 unspecified atom stereocenters. The maximum Gasteiger partial charge on any atom is 0.143 e. The van der Waals surface area contributed by atoms with Crippen molar-refractivity contribution in [2.75, 3.05) is 4.90 Å². The van der Waals surface area contributed by atoms with Gasteiger partial charge in [0.15, 0.2) is 0 Å². The summed E-state index contributed by atoms with van der Waals surface area (Å²) in [5.41, 5.74) is 0.229. The molecule has 0 N–H and O–H groups in total. The van der Waals surface area contributed by atoms with E-state index >= 15 is 0 Å². The first-order valence-electron chi connectivity index (χ1n) is 29.2. The van der Waals surface area contributed by atoms with Crippen LogP contribution in [0.1, 0.15) is 27.4 Å². The molecule has 0 bridgehead atoms. The number of aromatic nitrogens is 1. The molecule has 61 heavy (non-hydrogen) atoms. The summed E-state index contributed by atoms with van der Waals surface area (Å²) in [7, 11) is 0. The van der Waals surface area contributed by atoms with Crippen LogP contribution in [0.4, 0.5) is 17.1 Å². The fraction of sp³-hybridized carbons (Fsp3) is 0. The molecule has 0 atom stereocenters. The molecule has 2 aromatic heterocycles. The van der Waals surface area contributed by atoms with Gasteiger partial charge in [-0.05, 0) is 111 Å². The molecule has 12 aromatic rings. The molecular weight excluding hydrogens is 741 g/mol. The summed E-state index contributed by atoms with van der Waals surface area (Å²) < 4.78 is 190.